The number of hydrogen-bond donors (Lipinski definition) is 1. The maximum absolute atomic E-state index is 6.35. The Labute approximate surface area is 101 Å². The predicted molar refractivity (Wildman–Crippen MR) is 69.7 cm³/mol. The second-order valence-electron chi connectivity index (χ2n) is 6.37. The smallest absolute Gasteiger partial charge is 0.0815 e. The van der Waals surface area contributed by atoms with Crippen LogP contribution in [0.3, 0.4) is 0 Å². The third-order valence-corrected chi connectivity index (χ3v) is 3.45. The molecule has 96 valence electrons. The van der Waals surface area contributed by atoms with Crippen molar-refractivity contribution in [3.05, 3.63) is 0 Å². The molecule has 2 atom stereocenters. The molecule has 0 radical (unpaired) electrons. The van der Waals surface area contributed by atoms with Gasteiger partial charge in [0.1, 0.15) is 0 Å². The molecule has 0 aromatic carbocycles. The lowest BCUT2D eigenvalue weighted by Crippen LogP contribution is -2.58. The zero-order valence-corrected chi connectivity index (χ0v) is 11.8. The average molecular weight is 227 g/mol. The molecule has 0 aliphatic carbocycles. The standard InChI is InChI=1S/C14H29NO/c1-10(2)7-14(8-11(3)4)9-15-12(5)13(6)16-14/h10-13,15H,7-9H2,1-6H3. The molecule has 2 unspecified atom stereocenters. The summed E-state index contributed by atoms with van der Waals surface area (Å²) in [6.45, 7) is 14.5. The summed E-state index contributed by atoms with van der Waals surface area (Å²) < 4.78 is 6.35. The van der Waals surface area contributed by atoms with Gasteiger partial charge in [-0.1, -0.05) is 27.7 Å². The third kappa shape index (κ3) is 3.74. The fourth-order valence-electron chi connectivity index (χ4n) is 2.86. The van der Waals surface area contributed by atoms with E-state index in [1.165, 1.54) is 0 Å². The van der Waals surface area contributed by atoms with Crippen LogP contribution >= 0.6 is 0 Å². The summed E-state index contributed by atoms with van der Waals surface area (Å²) in [4.78, 5) is 0. The van der Waals surface area contributed by atoms with Gasteiger partial charge in [-0.15, -0.1) is 0 Å². The lowest BCUT2D eigenvalue weighted by atomic mass is 9.83. The van der Waals surface area contributed by atoms with Crippen LogP contribution in [0.1, 0.15) is 54.4 Å². The van der Waals surface area contributed by atoms with Gasteiger partial charge in [0.2, 0.25) is 0 Å². The van der Waals surface area contributed by atoms with Crippen LogP contribution in [0.15, 0.2) is 0 Å². The van der Waals surface area contributed by atoms with Gasteiger partial charge in [0.05, 0.1) is 11.7 Å². The minimum Gasteiger partial charge on any atom is -0.369 e. The zero-order valence-electron chi connectivity index (χ0n) is 11.8. The highest BCUT2D eigenvalue weighted by atomic mass is 16.5. The fraction of sp³-hybridized carbons (Fsp3) is 1.00. The second kappa shape index (κ2) is 5.50. The van der Waals surface area contributed by atoms with Crippen LogP contribution in [0.2, 0.25) is 0 Å². The van der Waals surface area contributed by atoms with Crippen molar-refractivity contribution in [1.82, 2.24) is 5.32 Å². The normalized spacial score (nSPS) is 30.0. The van der Waals surface area contributed by atoms with Crippen LogP contribution in [0.5, 0.6) is 0 Å². The average Bonchev–Trinajstić information content (AvgIpc) is 2.09. The Kier molecular flexibility index (Phi) is 4.81. The first-order valence-corrected chi connectivity index (χ1v) is 6.76. The largest absolute Gasteiger partial charge is 0.369 e. The Morgan fingerprint density at radius 3 is 2.00 bits per heavy atom. The van der Waals surface area contributed by atoms with Gasteiger partial charge >= 0.3 is 0 Å². The molecule has 0 saturated carbocycles. The van der Waals surface area contributed by atoms with Gasteiger partial charge in [-0.05, 0) is 38.5 Å². The molecule has 1 aliphatic rings. The molecule has 0 bridgehead atoms. The molecule has 1 saturated heterocycles. The highest BCUT2D eigenvalue weighted by molar-refractivity contribution is 4.92. The first kappa shape index (κ1) is 14.0. The van der Waals surface area contributed by atoms with Gasteiger partial charge in [-0.2, -0.15) is 0 Å². The molecule has 1 rings (SSSR count). The number of hydrogen-bond acceptors (Lipinski definition) is 2. The van der Waals surface area contributed by atoms with Crippen LogP contribution < -0.4 is 5.32 Å². The van der Waals surface area contributed by atoms with Crippen molar-refractivity contribution in [2.75, 3.05) is 6.54 Å². The van der Waals surface area contributed by atoms with Crippen LogP contribution in [0.4, 0.5) is 0 Å². The predicted octanol–water partition coefficient (Wildman–Crippen LogP) is 3.21. The molecular weight excluding hydrogens is 198 g/mol. The number of ether oxygens (including phenoxy) is 1. The van der Waals surface area contributed by atoms with Crippen LogP contribution in [0, 0.1) is 11.8 Å². The van der Waals surface area contributed by atoms with Gasteiger partial charge in [0, 0.05) is 12.6 Å². The number of morpholine rings is 1. The lowest BCUT2D eigenvalue weighted by Gasteiger charge is -2.45. The van der Waals surface area contributed by atoms with E-state index in [9.17, 15) is 0 Å². The molecule has 2 heteroatoms. The highest BCUT2D eigenvalue weighted by Gasteiger charge is 2.39. The minimum atomic E-state index is 0.0637. The Hall–Kier alpha value is -0.0800. The van der Waals surface area contributed by atoms with E-state index in [1.54, 1.807) is 0 Å². The Bertz CT molecular complexity index is 203. The van der Waals surface area contributed by atoms with Gasteiger partial charge in [-0.25, -0.2) is 0 Å². The summed E-state index contributed by atoms with van der Waals surface area (Å²) in [6.07, 6.45) is 2.65. The first-order chi connectivity index (χ1) is 7.34. The van der Waals surface area contributed by atoms with E-state index in [-0.39, 0.29) is 5.60 Å². The van der Waals surface area contributed by atoms with Crippen molar-refractivity contribution in [3.63, 3.8) is 0 Å². The molecule has 0 aromatic heterocycles. The van der Waals surface area contributed by atoms with Crippen molar-refractivity contribution in [3.8, 4) is 0 Å². The molecule has 1 heterocycles. The third-order valence-electron chi connectivity index (χ3n) is 3.45. The van der Waals surface area contributed by atoms with E-state index >= 15 is 0 Å². The van der Waals surface area contributed by atoms with E-state index < -0.39 is 0 Å². The van der Waals surface area contributed by atoms with Crippen LogP contribution in [-0.2, 0) is 4.74 Å². The summed E-state index contributed by atoms with van der Waals surface area (Å²) in [5, 5.41) is 3.61. The summed E-state index contributed by atoms with van der Waals surface area (Å²) in [5.41, 5.74) is 0.0637. The van der Waals surface area contributed by atoms with Gasteiger partial charge in [-0.3, -0.25) is 0 Å². The molecule has 2 nitrogen and oxygen atoms in total. The molecule has 1 aliphatic heterocycles. The van der Waals surface area contributed by atoms with E-state index in [0.29, 0.717) is 24.0 Å². The molecular formula is C14H29NO. The molecule has 1 fully saturated rings. The van der Waals surface area contributed by atoms with E-state index in [0.717, 1.165) is 19.4 Å². The topological polar surface area (TPSA) is 21.3 Å². The number of rotatable bonds is 4. The Balaban J connectivity index is 2.71. The van der Waals surface area contributed by atoms with E-state index in [2.05, 4.69) is 46.9 Å². The van der Waals surface area contributed by atoms with E-state index in [1.807, 2.05) is 0 Å². The summed E-state index contributed by atoms with van der Waals surface area (Å²) in [5.74, 6) is 1.39. The summed E-state index contributed by atoms with van der Waals surface area (Å²) in [6, 6.07) is 0.479. The molecule has 16 heavy (non-hydrogen) atoms. The minimum absolute atomic E-state index is 0.0637. The second-order valence-corrected chi connectivity index (χ2v) is 6.37. The van der Waals surface area contributed by atoms with Gasteiger partial charge in [0.25, 0.3) is 0 Å². The lowest BCUT2D eigenvalue weighted by molar-refractivity contribution is -0.143. The highest BCUT2D eigenvalue weighted by Crippen LogP contribution is 2.32. The van der Waals surface area contributed by atoms with Gasteiger partial charge < -0.3 is 10.1 Å². The SMILES string of the molecule is CC(C)CC1(CC(C)C)CNC(C)C(C)O1. The molecule has 1 N–H and O–H groups in total. The monoisotopic (exact) mass is 227 g/mol. The van der Waals surface area contributed by atoms with Crippen molar-refractivity contribution >= 4 is 0 Å². The van der Waals surface area contributed by atoms with Crippen molar-refractivity contribution in [2.45, 2.75) is 72.1 Å². The first-order valence-electron chi connectivity index (χ1n) is 6.76. The zero-order chi connectivity index (χ0) is 12.3. The quantitative estimate of drug-likeness (QED) is 0.796. The Morgan fingerprint density at radius 2 is 1.62 bits per heavy atom. The maximum Gasteiger partial charge on any atom is 0.0815 e. The van der Waals surface area contributed by atoms with Gasteiger partial charge in [0.15, 0.2) is 0 Å². The van der Waals surface area contributed by atoms with Crippen LogP contribution in [0.25, 0.3) is 0 Å². The summed E-state index contributed by atoms with van der Waals surface area (Å²) in [7, 11) is 0. The van der Waals surface area contributed by atoms with Crippen LogP contribution in [-0.4, -0.2) is 24.3 Å². The fourth-order valence-corrected chi connectivity index (χ4v) is 2.86. The Morgan fingerprint density at radius 1 is 1.12 bits per heavy atom. The molecule has 0 spiro atoms. The van der Waals surface area contributed by atoms with Crippen molar-refractivity contribution in [2.24, 2.45) is 11.8 Å². The molecule has 0 amide bonds. The maximum atomic E-state index is 6.35. The van der Waals surface area contributed by atoms with Crippen molar-refractivity contribution in [1.29, 1.82) is 0 Å². The number of nitrogens with one attached hydrogen (secondary N) is 1. The summed E-state index contributed by atoms with van der Waals surface area (Å²) >= 11 is 0. The molecule has 0 aromatic rings. The van der Waals surface area contributed by atoms with E-state index in [4.69, 9.17) is 4.74 Å². The van der Waals surface area contributed by atoms with Crippen molar-refractivity contribution < 1.29 is 4.74 Å².